The zero-order chi connectivity index (χ0) is 16.1. The SMILES string of the molecule is O=C(N[C@@H](Cc1ccc(O)cc1)C(=O)O)c1ncccc1O. The van der Waals surface area contributed by atoms with Gasteiger partial charge in [-0.3, -0.25) is 4.79 Å². The molecule has 7 nitrogen and oxygen atoms in total. The van der Waals surface area contributed by atoms with E-state index in [0.29, 0.717) is 5.56 Å². The van der Waals surface area contributed by atoms with E-state index in [-0.39, 0.29) is 23.6 Å². The van der Waals surface area contributed by atoms with Crippen LogP contribution in [0, 0.1) is 0 Å². The van der Waals surface area contributed by atoms with Gasteiger partial charge < -0.3 is 20.6 Å². The van der Waals surface area contributed by atoms with Gasteiger partial charge in [0.05, 0.1) is 0 Å². The first-order chi connectivity index (χ1) is 10.5. The Kier molecular flexibility index (Phi) is 4.57. The third-order valence-electron chi connectivity index (χ3n) is 2.98. The Labute approximate surface area is 125 Å². The molecule has 0 aliphatic carbocycles. The molecule has 2 rings (SSSR count). The van der Waals surface area contributed by atoms with Crippen LogP contribution in [0.2, 0.25) is 0 Å². The van der Waals surface area contributed by atoms with Crippen molar-refractivity contribution in [1.29, 1.82) is 0 Å². The van der Waals surface area contributed by atoms with Crippen molar-refractivity contribution in [1.82, 2.24) is 10.3 Å². The lowest BCUT2D eigenvalue weighted by Crippen LogP contribution is -2.42. The molecule has 1 amide bonds. The number of phenolic OH excluding ortho intramolecular Hbond substituents is 1. The first-order valence-corrected chi connectivity index (χ1v) is 6.43. The Morgan fingerprint density at radius 3 is 2.41 bits per heavy atom. The fraction of sp³-hybridized carbons (Fsp3) is 0.133. The molecule has 0 unspecified atom stereocenters. The molecule has 114 valence electrons. The maximum Gasteiger partial charge on any atom is 0.326 e. The van der Waals surface area contributed by atoms with E-state index < -0.39 is 17.9 Å². The third-order valence-corrected chi connectivity index (χ3v) is 2.98. The molecule has 1 heterocycles. The van der Waals surface area contributed by atoms with Gasteiger partial charge in [-0.05, 0) is 29.8 Å². The number of nitrogens with zero attached hydrogens (tertiary/aromatic N) is 1. The second-order valence-electron chi connectivity index (χ2n) is 4.61. The molecule has 0 bridgehead atoms. The second-order valence-corrected chi connectivity index (χ2v) is 4.61. The van der Waals surface area contributed by atoms with Gasteiger partial charge in [-0.2, -0.15) is 0 Å². The van der Waals surface area contributed by atoms with E-state index in [1.54, 1.807) is 12.1 Å². The van der Waals surface area contributed by atoms with Crippen LogP contribution in [-0.2, 0) is 11.2 Å². The van der Waals surface area contributed by atoms with Gasteiger partial charge in [-0.15, -0.1) is 0 Å². The van der Waals surface area contributed by atoms with Crippen LogP contribution in [0.1, 0.15) is 16.1 Å². The van der Waals surface area contributed by atoms with Crippen molar-refractivity contribution in [3.8, 4) is 11.5 Å². The molecule has 1 aromatic carbocycles. The van der Waals surface area contributed by atoms with E-state index in [1.807, 2.05) is 0 Å². The first-order valence-electron chi connectivity index (χ1n) is 6.43. The Bertz CT molecular complexity index is 685. The standard InChI is InChI=1S/C15H14N2O5/c18-10-5-3-9(4-6-10)8-11(15(21)22)17-14(20)13-12(19)2-1-7-16-13/h1-7,11,18-19H,8H2,(H,17,20)(H,21,22)/t11-/m0/s1. The number of nitrogens with one attached hydrogen (secondary N) is 1. The predicted octanol–water partition coefficient (Wildman–Crippen LogP) is 0.918. The minimum atomic E-state index is -1.21. The van der Waals surface area contributed by atoms with Crippen molar-refractivity contribution in [2.45, 2.75) is 12.5 Å². The summed E-state index contributed by atoms with van der Waals surface area (Å²) in [7, 11) is 0. The highest BCUT2D eigenvalue weighted by atomic mass is 16.4. The van der Waals surface area contributed by atoms with Crippen LogP contribution in [0.5, 0.6) is 11.5 Å². The van der Waals surface area contributed by atoms with Crippen LogP contribution in [0.25, 0.3) is 0 Å². The number of aliphatic carboxylic acids is 1. The largest absolute Gasteiger partial charge is 0.508 e. The summed E-state index contributed by atoms with van der Waals surface area (Å²) >= 11 is 0. The van der Waals surface area contributed by atoms with Gasteiger partial charge in [-0.1, -0.05) is 12.1 Å². The van der Waals surface area contributed by atoms with Crippen molar-refractivity contribution in [2.75, 3.05) is 0 Å². The topological polar surface area (TPSA) is 120 Å². The number of carbonyl (C=O) groups excluding carboxylic acids is 1. The van der Waals surface area contributed by atoms with E-state index in [9.17, 15) is 24.9 Å². The lowest BCUT2D eigenvalue weighted by Gasteiger charge is -2.14. The maximum atomic E-state index is 12.0. The van der Waals surface area contributed by atoms with Gasteiger partial charge in [0.15, 0.2) is 5.69 Å². The van der Waals surface area contributed by atoms with Crippen molar-refractivity contribution in [2.24, 2.45) is 0 Å². The number of phenols is 1. The summed E-state index contributed by atoms with van der Waals surface area (Å²) in [5.74, 6) is -2.24. The molecule has 1 aromatic heterocycles. The molecular weight excluding hydrogens is 288 g/mol. The van der Waals surface area contributed by atoms with Crippen LogP contribution in [0.15, 0.2) is 42.6 Å². The molecule has 0 saturated heterocycles. The van der Waals surface area contributed by atoms with Gasteiger partial charge >= 0.3 is 5.97 Å². The fourth-order valence-corrected chi connectivity index (χ4v) is 1.87. The summed E-state index contributed by atoms with van der Waals surface area (Å²) in [5.41, 5.74) is 0.398. The summed E-state index contributed by atoms with van der Waals surface area (Å²) in [4.78, 5) is 27.0. The van der Waals surface area contributed by atoms with Crippen molar-refractivity contribution >= 4 is 11.9 Å². The van der Waals surface area contributed by atoms with Gasteiger partial charge in [0.2, 0.25) is 0 Å². The molecule has 0 fully saturated rings. The van der Waals surface area contributed by atoms with Crippen molar-refractivity contribution < 1.29 is 24.9 Å². The number of carbonyl (C=O) groups is 2. The normalized spacial score (nSPS) is 11.6. The van der Waals surface area contributed by atoms with Gasteiger partial charge in [0, 0.05) is 12.6 Å². The molecule has 0 aliphatic heterocycles. The first kappa shape index (κ1) is 15.3. The molecule has 7 heteroatoms. The Morgan fingerprint density at radius 2 is 1.82 bits per heavy atom. The van der Waals surface area contributed by atoms with Crippen LogP contribution in [0.3, 0.4) is 0 Å². The summed E-state index contributed by atoms with van der Waals surface area (Å²) in [5, 5.41) is 30.3. The quantitative estimate of drug-likeness (QED) is 0.652. The molecule has 1 atom stereocenters. The van der Waals surface area contributed by atoms with Gasteiger partial charge in [0.25, 0.3) is 5.91 Å². The zero-order valence-corrected chi connectivity index (χ0v) is 11.4. The van der Waals surface area contributed by atoms with Gasteiger partial charge in [-0.25, -0.2) is 9.78 Å². The van der Waals surface area contributed by atoms with Crippen molar-refractivity contribution in [3.05, 3.63) is 53.9 Å². The molecule has 2 aromatic rings. The monoisotopic (exact) mass is 302 g/mol. The van der Waals surface area contributed by atoms with E-state index in [0.717, 1.165) is 0 Å². The number of aromatic hydroxyl groups is 2. The summed E-state index contributed by atoms with van der Waals surface area (Å²) in [6, 6.07) is 7.56. The third kappa shape index (κ3) is 3.72. The molecule has 0 radical (unpaired) electrons. The zero-order valence-electron chi connectivity index (χ0n) is 11.4. The highest BCUT2D eigenvalue weighted by Gasteiger charge is 2.23. The summed E-state index contributed by atoms with van der Waals surface area (Å²) in [6.45, 7) is 0. The second kappa shape index (κ2) is 6.57. The minimum Gasteiger partial charge on any atom is -0.508 e. The number of aromatic nitrogens is 1. The highest BCUT2D eigenvalue weighted by molar-refractivity contribution is 5.97. The molecule has 0 saturated carbocycles. The Morgan fingerprint density at radius 1 is 1.14 bits per heavy atom. The Hall–Kier alpha value is -3.09. The van der Waals surface area contributed by atoms with Crippen LogP contribution in [-0.4, -0.2) is 38.2 Å². The predicted molar refractivity (Wildman–Crippen MR) is 76.6 cm³/mol. The van der Waals surface area contributed by atoms with Crippen LogP contribution >= 0.6 is 0 Å². The van der Waals surface area contributed by atoms with Crippen molar-refractivity contribution in [3.63, 3.8) is 0 Å². The number of carboxylic acids is 1. The van der Waals surface area contributed by atoms with E-state index in [1.165, 1.54) is 30.5 Å². The maximum absolute atomic E-state index is 12.0. The number of rotatable bonds is 5. The molecule has 22 heavy (non-hydrogen) atoms. The number of hydrogen-bond acceptors (Lipinski definition) is 5. The van der Waals surface area contributed by atoms with Gasteiger partial charge in [0.1, 0.15) is 17.5 Å². The molecule has 4 N–H and O–H groups in total. The van der Waals surface area contributed by atoms with E-state index in [2.05, 4.69) is 10.3 Å². The van der Waals surface area contributed by atoms with Crippen LogP contribution in [0.4, 0.5) is 0 Å². The lowest BCUT2D eigenvalue weighted by molar-refractivity contribution is -0.139. The smallest absolute Gasteiger partial charge is 0.326 e. The highest BCUT2D eigenvalue weighted by Crippen LogP contribution is 2.14. The average Bonchev–Trinajstić information content (AvgIpc) is 2.49. The molecule has 0 spiro atoms. The fourth-order valence-electron chi connectivity index (χ4n) is 1.87. The lowest BCUT2D eigenvalue weighted by atomic mass is 10.1. The number of hydrogen-bond donors (Lipinski definition) is 4. The molecule has 0 aliphatic rings. The van der Waals surface area contributed by atoms with Crippen LogP contribution < -0.4 is 5.32 Å². The molecular formula is C15H14N2O5. The summed E-state index contributed by atoms with van der Waals surface area (Å²) < 4.78 is 0. The Balaban J connectivity index is 2.12. The number of benzene rings is 1. The average molecular weight is 302 g/mol. The summed E-state index contributed by atoms with van der Waals surface area (Å²) in [6.07, 6.45) is 1.36. The minimum absolute atomic E-state index is 0.0367. The number of pyridine rings is 1. The van der Waals surface area contributed by atoms with E-state index in [4.69, 9.17) is 0 Å². The number of carboxylic acid groups (broad SMARTS) is 1. The van der Waals surface area contributed by atoms with E-state index >= 15 is 0 Å². The number of amides is 1.